The number of nitrogens with zero attached hydrogens (tertiary/aromatic N) is 4. The quantitative estimate of drug-likeness (QED) is 0.0559. The summed E-state index contributed by atoms with van der Waals surface area (Å²) in [5, 5.41) is 0. The van der Waals surface area contributed by atoms with Crippen LogP contribution in [0.4, 0.5) is 0 Å². The Balaban J connectivity index is 2.61. The number of piperazine rings is 1. The molecule has 0 bridgehead atoms. The smallest absolute Gasteiger partial charge is 0.0247 e. The molecule has 1 rings (SSSR count). The van der Waals surface area contributed by atoms with Crippen LogP contribution in [0.15, 0.2) is 0 Å². The van der Waals surface area contributed by atoms with Crippen LogP contribution in [0.5, 0.6) is 0 Å². The summed E-state index contributed by atoms with van der Waals surface area (Å²) in [4.78, 5) is 11.7. The fourth-order valence-electron chi connectivity index (χ4n) is 12.0. The maximum absolute atomic E-state index is 2.94. The lowest BCUT2D eigenvalue weighted by Gasteiger charge is -2.49. The van der Waals surface area contributed by atoms with Gasteiger partial charge in [-0.05, 0) is 63.1 Å². The molecule has 1 saturated heterocycles. The monoisotopic (exact) mass is 1060 g/mol. The van der Waals surface area contributed by atoms with Crippen LogP contribution in [0.2, 0.25) is 0 Å². The molecule has 438 valence electrons. The molecule has 0 radical (unpaired) electrons. The van der Waals surface area contributed by atoms with Crippen LogP contribution in [0, 0.1) is 17.8 Å². The summed E-state index contributed by atoms with van der Waals surface area (Å²) in [7, 11) is 0. The molecule has 1 fully saturated rings. The molecule has 0 aromatic carbocycles. The van der Waals surface area contributed by atoms with Crippen LogP contribution in [-0.4, -0.2) is 120 Å². The first-order valence-electron chi connectivity index (χ1n) is 33.8. The zero-order valence-electron chi connectivity index (χ0n) is 52.0. The molecular formula is C67H138N4S2. The summed E-state index contributed by atoms with van der Waals surface area (Å²) < 4.78 is 0. The average Bonchev–Trinajstić information content (AvgIpc) is 3.38. The van der Waals surface area contributed by atoms with E-state index in [1.54, 1.807) is 0 Å². The molecular weight excluding hydrogens is 925 g/mol. The van der Waals surface area contributed by atoms with Crippen LogP contribution in [0.25, 0.3) is 0 Å². The zero-order valence-corrected chi connectivity index (χ0v) is 53.6. The zero-order chi connectivity index (χ0) is 53.1. The van der Waals surface area contributed by atoms with Crippen LogP contribution in [0.3, 0.4) is 0 Å². The number of unbranched alkanes of at least 4 members (excludes halogenated alkanes) is 34. The molecule has 0 N–H and O–H groups in total. The van der Waals surface area contributed by atoms with Gasteiger partial charge in [0.05, 0.1) is 0 Å². The summed E-state index contributed by atoms with van der Waals surface area (Å²) in [6.07, 6.45) is 56.0. The van der Waals surface area contributed by atoms with Crippen molar-refractivity contribution in [2.24, 2.45) is 17.8 Å². The third-order valence-electron chi connectivity index (χ3n) is 17.1. The minimum absolute atomic E-state index is 0.684. The minimum atomic E-state index is 0.684. The van der Waals surface area contributed by atoms with Crippen molar-refractivity contribution in [1.29, 1.82) is 0 Å². The van der Waals surface area contributed by atoms with Crippen molar-refractivity contribution in [1.82, 2.24) is 19.6 Å². The van der Waals surface area contributed by atoms with Crippen molar-refractivity contribution >= 4 is 23.5 Å². The van der Waals surface area contributed by atoms with E-state index in [9.17, 15) is 0 Å². The van der Waals surface area contributed by atoms with Gasteiger partial charge in [0.2, 0.25) is 0 Å². The Bertz CT molecular complexity index is 1050. The highest BCUT2D eigenvalue weighted by molar-refractivity contribution is 7.99. The lowest BCUT2D eigenvalue weighted by atomic mass is 9.92. The van der Waals surface area contributed by atoms with Crippen LogP contribution >= 0.6 is 23.5 Å². The Morgan fingerprint density at radius 3 is 0.918 bits per heavy atom. The molecule has 0 aromatic rings. The van der Waals surface area contributed by atoms with Crippen LogP contribution < -0.4 is 0 Å². The molecule has 0 spiro atoms. The molecule has 0 aromatic heterocycles. The molecule has 1 aliphatic rings. The first-order chi connectivity index (χ1) is 35.8. The molecule has 0 amide bonds. The Labute approximate surface area is 471 Å². The van der Waals surface area contributed by atoms with E-state index < -0.39 is 0 Å². The predicted molar refractivity (Wildman–Crippen MR) is 340 cm³/mol. The SMILES string of the molecule is CCCCCCCCCCCCN(CCCCCCCCCCCC)CCSCCN1CC(C(C)C)N(CCSCCN(CCCCCCCCCCCC)CC(C)CCCCCCCCCC)CC1C(C)C. The third-order valence-corrected chi connectivity index (χ3v) is 19.0. The molecule has 1 heterocycles. The first-order valence-corrected chi connectivity index (χ1v) is 36.2. The molecule has 0 saturated carbocycles. The highest BCUT2D eigenvalue weighted by Crippen LogP contribution is 2.26. The van der Waals surface area contributed by atoms with Gasteiger partial charge in [-0.1, -0.05) is 287 Å². The molecule has 3 unspecified atom stereocenters. The Morgan fingerprint density at radius 1 is 0.329 bits per heavy atom. The number of hydrogen-bond acceptors (Lipinski definition) is 6. The topological polar surface area (TPSA) is 13.0 Å². The number of thioether (sulfide) groups is 2. The van der Waals surface area contributed by atoms with Crippen molar-refractivity contribution in [3.05, 3.63) is 0 Å². The van der Waals surface area contributed by atoms with Gasteiger partial charge >= 0.3 is 0 Å². The van der Waals surface area contributed by atoms with Gasteiger partial charge in [-0.2, -0.15) is 23.5 Å². The molecule has 3 atom stereocenters. The Kier molecular flexibility index (Phi) is 53.4. The maximum Gasteiger partial charge on any atom is 0.0247 e. The molecule has 0 aliphatic carbocycles. The largest absolute Gasteiger partial charge is 0.303 e. The van der Waals surface area contributed by atoms with Crippen molar-refractivity contribution in [2.45, 2.75) is 325 Å². The third kappa shape index (κ3) is 44.0. The van der Waals surface area contributed by atoms with Gasteiger partial charge in [0.1, 0.15) is 0 Å². The number of rotatable bonds is 58. The Hall–Kier alpha value is 0.540. The van der Waals surface area contributed by atoms with Gasteiger partial charge in [-0.15, -0.1) is 0 Å². The molecule has 1 aliphatic heterocycles. The lowest BCUT2D eigenvalue weighted by molar-refractivity contribution is -0.000480. The predicted octanol–water partition coefficient (Wildman–Crippen LogP) is 20.7. The van der Waals surface area contributed by atoms with Crippen molar-refractivity contribution < 1.29 is 0 Å². The van der Waals surface area contributed by atoms with E-state index in [1.165, 1.54) is 339 Å². The van der Waals surface area contributed by atoms with E-state index >= 15 is 0 Å². The van der Waals surface area contributed by atoms with Crippen LogP contribution in [-0.2, 0) is 0 Å². The van der Waals surface area contributed by atoms with E-state index in [-0.39, 0.29) is 0 Å². The highest BCUT2D eigenvalue weighted by Gasteiger charge is 2.36. The summed E-state index contributed by atoms with van der Waals surface area (Å²) in [6, 6.07) is 1.37. The van der Waals surface area contributed by atoms with Gasteiger partial charge in [-0.25, -0.2) is 0 Å². The summed E-state index contributed by atoms with van der Waals surface area (Å²) in [5.41, 5.74) is 0. The second-order valence-corrected chi connectivity index (χ2v) is 27.3. The first kappa shape index (κ1) is 71.6. The van der Waals surface area contributed by atoms with Gasteiger partial charge in [-0.3, -0.25) is 9.80 Å². The molecule has 6 heteroatoms. The van der Waals surface area contributed by atoms with Crippen molar-refractivity contribution in [3.63, 3.8) is 0 Å². The van der Waals surface area contributed by atoms with Crippen molar-refractivity contribution in [2.75, 3.05) is 88.5 Å². The highest BCUT2D eigenvalue weighted by atomic mass is 32.2. The van der Waals surface area contributed by atoms with Gasteiger partial charge < -0.3 is 9.80 Å². The van der Waals surface area contributed by atoms with E-state index in [1.807, 2.05) is 0 Å². The van der Waals surface area contributed by atoms with E-state index in [4.69, 9.17) is 0 Å². The molecule has 4 nitrogen and oxygen atoms in total. The van der Waals surface area contributed by atoms with E-state index in [0.29, 0.717) is 23.9 Å². The summed E-state index contributed by atoms with van der Waals surface area (Å²) in [5.74, 6) is 7.43. The van der Waals surface area contributed by atoms with Gasteiger partial charge in [0.25, 0.3) is 0 Å². The van der Waals surface area contributed by atoms with E-state index in [0.717, 1.165) is 5.92 Å². The van der Waals surface area contributed by atoms with Crippen molar-refractivity contribution in [3.8, 4) is 0 Å². The summed E-state index contributed by atoms with van der Waals surface area (Å²) in [6.45, 7) is 34.8. The van der Waals surface area contributed by atoms with Gasteiger partial charge in [0.15, 0.2) is 0 Å². The molecule has 73 heavy (non-hydrogen) atoms. The lowest BCUT2D eigenvalue weighted by Crippen LogP contribution is -2.61. The fraction of sp³-hybridized carbons (Fsp3) is 1.00. The summed E-state index contributed by atoms with van der Waals surface area (Å²) >= 11 is 4.51. The maximum atomic E-state index is 2.94. The Morgan fingerprint density at radius 2 is 0.603 bits per heavy atom. The van der Waals surface area contributed by atoms with E-state index in [2.05, 4.69) is 105 Å². The number of hydrogen-bond donors (Lipinski definition) is 0. The second-order valence-electron chi connectivity index (χ2n) is 24.9. The minimum Gasteiger partial charge on any atom is -0.303 e. The standard InChI is InChI=1S/C67H138N4S2/c1-10-14-18-22-26-30-33-37-41-45-49-68(50-46-42-38-34-31-27-23-19-15-11-2)52-56-72-58-54-70-61-67(64(7)8)71(62-66(70)63(5)6)55-59-73-57-53-69(51-47-43-39-35-32-28-24-20-16-12-3)60-65(9)48-44-40-36-29-25-21-17-13-4/h63-67H,10-62H2,1-9H3. The average molecular weight is 1060 g/mol. The normalized spacial score (nSPS) is 16.4. The van der Waals surface area contributed by atoms with Crippen LogP contribution in [0.1, 0.15) is 313 Å². The second kappa shape index (κ2) is 54.5. The fourth-order valence-corrected chi connectivity index (χ4v) is 13.9. The van der Waals surface area contributed by atoms with Gasteiger partial charge in [0, 0.05) is 80.9 Å².